The van der Waals surface area contributed by atoms with Gasteiger partial charge in [0.15, 0.2) is 0 Å². The molecule has 0 radical (unpaired) electrons. The molecule has 1 aliphatic rings. The summed E-state index contributed by atoms with van der Waals surface area (Å²) in [7, 11) is 1.44. The Kier molecular flexibility index (Phi) is 5.80. The summed E-state index contributed by atoms with van der Waals surface area (Å²) in [4.78, 5) is 11.5. The fraction of sp³-hybridized carbons (Fsp3) is 0.611. The molecule has 0 bridgehead atoms. The van der Waals surface area contributed by atoms with Gasteiger partial charge in [0.1, 0.15) is 0 Å². The molecule has 0 aromatic heterocycles. The number of hydrogen-bond donors (Lipinski definition) is 1. The van der Waals surface area contributed by atoms with Crippen LogP contribution >= 0.6 is 0 Å². The van der Waals surface area contributed by atoms with Crippen LogP contribution in [0.3, 0.4) is 0 Å². The molecule has 0 aliphatic heterocycles. The lowest BCUT2D eigenvalue weighted by atomic mass is 9.79. The van der Waals surface area contributed by atoms with Crippen LogP contribution in [-0.2, 0) is 22.5 Å². The second-order valence-corrected chi connectivity index (χ2v) is 6.37. The number of nitrogens with one attached hydrogen (secondary N) is 1. The lowest BCUT2D eigenvalue weighted by molar-refractivity contribution is -0.139. The molecule has 1 aliphatic carbocycles. The van der Waals surface area contributed by atoms with E-state index in [1.54, 1.807) is 0 Å². The van der Waals surface area contributed by atoms with Crippen molar-refractivity contribution in [2.75, 3.05) is 7.11 Å². The number of benzene rings is 1. The first-order chi connectivity index (χ1) is 10.1. The Morgan fingerprint density at radius 2 is 1.90 bits per heavy atom. The van der Waals surface area contributed by atoms with Crippen molar-refractivity contribution >= 4 is 5.97 Å². The van der Waals surface area contributed by atoms with Gasteiger partial charge in [-0.05, 0) is 42.2 Å². The van der Waals surface area contributed by atoms with Gasteiger partial charge in [0.2, 0.25) is 0 Å². The van der Waals surface area contributed by atoms with E-state index in [1.807, 2.05) is 18.2 Å². The van der Waals surface area contributed by atoms with Crippen LogP contribution in [0, 0.1) is 11.8 Å². The molecular formula is C18H27NO2. The summed E-state index contributed by atoms with van der Waals surface area (Å²) in [6.07, 6.45) is 4.17. The number of rotatable bonds is 5. The maximum absolute atomic E-state index is 11.5. The van der Waals surface area contributed by atoms with Crippen LogP contribution in [0.1, 0.15) is 44.2 Å². The molecule has 1 aromatic carbocycles. The molecule has 1 saturated carbocycles. The first kappa shape index (κ1) is 16.0. The minimum atomic E-state index is -0.178. The highest BCUT2D eigenvalue weighted by molar-refractivity contribution is 5.72. The second kappa shape index (κ2) is 7.60. The molecule has 3 atom stereocenters. The maximum atomic E-state index is 11.5. The van der Waals surface area contributed by atoms with Gasteiger partial charge in [-0.2, -0.15) is 0 Å². The summed E-state index contributed by atoms with van der Waals surface area (Å²) in [6.45, 7) is 5.54. The van der Waals surface area contributed by atoms with Crippen LogP contribution in [0.15, 0.2) is 24.3 Å². The van der Waals surface area contributed by atoms with E-state index in [9.17, 15) is 4.79 Å². The number of methoxy groups -OCH3 is 1. The van der Waals surface area contributed by atoms with E-state index in [2.05, 4.69) is 25.2 Å². The van der Waals surface area contributed by atoms with Crippen LogP contribution in [0.2, 0.25) is 0 Å². The van der Waals surface area contributed by atoms with Crippen molar-refractivity contribution in [1.82, 2.24) is 5.32 Å². The van der Waals surface area contributed by atoms with E-state index in [0.717, 1.165) is 23.9 Å². The molecule has 2 rings (SSSR count). The molecule has 0 heterocycles. The quantitative estimate of drug-likeness (QED) is 0.845. The van der Waals surface area contributed by atoms with Gasteiger partial charge in [-0.3, -0.25) is 4.79 Å². The number of carbonyl (C=O) groups excluding carboxylic acids is 1. The fourth-order valence-electron chi connectivity index (χ4n) is 3.12. The average molecular weight is 289 g/mol. The molecule has 0 spiro atoms. The smallest absolute Gasteiger partial charge is 0.309 e. The molecule has 0 saturated heterocycles. The van der Waals surface area contributed by atoms with Gasteiger partial charge in [0.25, 0.3) is 0 Å². The Morgan fingerprint density at radius 3 is 2.57 bits per heavy atom. The zero-order chi connectivity index (χ0) is 15.2. The van der Waals surface area contributed by atoms with Crippen LogP contribution in [-0.4, -0.2) is 19.1 Å². The van der Waals surface area contributed by atoms with Crippen LogP contribution in [0.25, 0.3) is 0 Å². The topological polar surface area (TPSA) is 38.3 Å². The van der Waals surface area contributed by atoms with Gasteiger partial charge in [-0.1, -0.05) is 38.1 Å². The van der Waals surface area contributed by atoms with Crippen molar-refractivity contribution in [3.05, 3.63) is 35.4 Å². The van der Waals surface area contributed by atoms with Crippen molar-refractivity contribution in [3.63, 3.8) is 0 Å². The number of esters is 1. The van der Waals surface area contributed by atoms with Crippen LogP contribution < -0.4 is 5.32 Å². The number of hydrogen-bond acceptors (Lipinski definition) is 3. The van der Waals surface area contributed by atoms with Gasteiger partial charge in [-0.25, -0.2) is 0 Å². The third-order valence-corrected chi connectivity index (χ3v) is 4.86. The molecule has 21 heavy (non-hydrogen) atoms. The Hall–Kier alpha value is -1.35. The summed E-state index contributed by atoms with van der Waals surface area (Å²) < 4.78 is 4.77. The summed E-state index contributed by atoms with van der Waals surface area (Å²) in [5, 5.41) is 3.67. The lowest BCUT2D eigenvalue weighted by Crippen LogP contribution is -2.36. The highest BCUT2D eigenvalue weighted by atomic mass is 16.5. The highest BCUT2D eigenvalue weighted by Crippen LogP contribution is 2.29. The molecule has 3 nitrogen and oxygen atoms in total. The molecule has 3 unspecified atom stereocenters. The molecule has 1 aromatic rings. The van der Waals surface area contributed by atoms with E-state index >= 15 is 0 Å². The second-order valence-electron chi connectivity index (χ2n) is 6.37. The van der Waals surface area contributed by atoms with Crippen molar-refractivity contribution in [2.45, 2.75) is 52.1 Å². The third kappa shape index (κ3) is 4.57. The van der Waals surface area contributed by atoms with Crippen molar-refractivity contribution in [1.29, 1.82) is 0 Å². The number of carbonyl (C=O) groups is 1. The van der Waals surface area contributed by atoms with E-state index in [4.69, 9.17) is 4.74 Å². The van der Waals surface area contributed by atoms with Crippen molar-refractivity contribution in [2.24, 2.45) is 11.8 Å². The summed E-state index contributed by atoms with van der Waals surface area (Å²) in [5.41, 5.74) is 2.27. The molecule has 1 fully saturated rings. The Balaban J connectivity index is 1.92. The van der Waals surface area contributed by atoms with Gasteiger partial charge < -0.3 is 10.1 Å². The minimum Gasteiger partial charge on any atom is -0.469 e. The van der Waals surface area contributed by atoms with Crippen molar-refractivity contribution < 1.29 is 9.53 Å². The maximum Gasteiger partial charge on any atom is 0.309 e. The van der Waals surface area contributed by atoms with E-state index in [-0.39, 0.29) is 5.97 Å². The standard InChI is InChI=1S/C18H27NO2/c1-13-8-9-17(10-14(13)2)19-12-16-7-5-4-6-15(16)11-18(20)21-3/h4-7,13-14,17,19H,8-12H2,1-3H3. The lowest BCUT2D eigenvalue weighted by Gasteiger charge is -2.32. The molecule has 0 amide bonds. The fourth-order valence-corrected chi connectivity index (χ4v) is 3.12. The van der Waals surface area contributed by atoms with E-state index in [0.29, 0.717) is 12.5 Å². The zero-order valence-electron chi connectivity index (χ0n) is 13.4. The molecule has 3 heteroatoms. The van der Waals surface area contributed by atoms with Crippen molar-refractivity contribution in [3.8, 4) is 0 Å². The van der Waals surface area contributed by atoms with Gasteiger partial charge in [0, 0.05) is 12.6 Å². The first-order valence-corrected chi connectivity index (χ1v) is 7.97. The SMILES string of the molecule is COC(=O)Cc1ccccc1CNC1CCC(C)C(C)C1. The average Bonchev–Trinajstić information content (AvgIpc) is 2.49. The first-order valence-electron chi connectivity index (χ1n) is 7.97. The Labute approximate surface area is 128 Å². The summed E-state index contributed by atoms with van der Waals surface area (Å²) in [5.74, 6) is 1.46. The van der Waals surface area contributed by atoms with Crippen LogP contribution in [0.4, 0.5) is 0 Å². The van der Waals surface area contributed by atoms with Gasteiger partial charge in [-0.15, -0.1) is 0 Å². The Morgan fingerprint density at radius 1 is 1.19 bits per heavy atom. The minimum absolute atomic E-state index is 0.178. The monoisotopic (exact) mass is 289 g/mol. The largest absolute Gasteiger partial charge is 0.469 e. The predicted molar refractivity (Wildman–Crippen MR) is 85.0 cm³/mol. The normalized spacial score (nSPS) is 25.6. The van der Waals surface area contributed by atoms with E-state index in [1.165, 1.54) is 31.9 Å². The van der Waals surface area contributed by atoms with E-state index < -0.39 is 0 Å². The van der Waals surface area contributed by atoms with Gasteiger partial charge >= 0.3 is 5.97 Å². The van der Waals surface area contributed by atoms with Crippen LogP contribution in [0.5, 0.6) is 0 Å². The Bertz CT molecular complexity index is 472. The summed E-state index contributed by atoms with van der Waals surface area (Å²) >= 11 is 0. The third-order valence-electron chi connectivity index (χ3n) is 4.86. The highest BCUT2D eigenvalue weighted by Gasteiger charge is 2.24. The van der Waals surface area contributed by atoms with Gasteiger partial charge in [0.05, 0.1) is 13.5 Å². The predicted octanol–water partition coefficient (Wildman–Crippen LogP) is 3.32. The molecule has 1 N–H and O–H groups in total. The summed E-state index contributed by atoms with van der Waals surface area (Å²) in [6, 6.07) is 8.72. The molecule has 116 valence electrons. The molecular weight excluding hydrogens is 262 g/mol. The zero-order valence-corrected chi connectivity index (χ0v) is 13.4. The number of ether oxygens (including phenoxy) is 1.